The molecule has 2 amide bonds. The van der Waals surface area contributed by atoms with Crippen LogP contribution in [-0.2, 0) is 14.3 Å². The van der Waals surface area contributed by atoms with Gasteiger partial charge >= 0.3 is 5.97 Å². The van der Waals surface area contributed by atoms with Crippen molar-refractivity contribution in [2.45, 2.75) is 45.3 Å². The van der Waals surface area contributed by atoms with Crippen molar-refractivity contribution in [2.24, 2.45) is 0 Å². The van der Waals surface area contributed by atoms with E-state index in [1.165, 1.54) is 32.0 Å². The van der Waals surface area contributed by atoms with Crippen LogP contribution in [0.4, 0.5) is 5.69 Å². The fourth-order valence-corrected chi connectivity index (χ4v) is 2.80. The number of nitrogens with one attached hydrogen (secondary N) is 1. The number of piperidine rings is 1. The zero-order chi connectivity index (χ0) is 20.0. The van der Waals surface area contributed by atoms with Gasteiger partial charge in [-0.1, -0.05) is 6.07 Å². The molecule has 2 atom stereocenters. The van der Waals surface area contributed by atoms with E-state index < -0.39 is 28.9 Å². The van der Waals surface area contributed by atoms with Crippen molar-refractivity contribution < 1.29 is 24.0 Å². The second-order valence-electron chi connectivity index (χ2n) is 6.47. The normalized spacial score (nSPS) is 16.1. The Kier molecular flexibility index (Phi) is 6.86. The fraction of sp³-hybridized carbons (Fsp3) is 0.500. The molecule has 1 aliphatic heterocycles. The van der Waals surface area contributed by atoms with E-state index in [4.69, 9.17) is 4.74 Å². The molecular formula is C18H23N3O6. The van der Waals surface area contributed by atoms with Crippen LogP contribution in [0.3, 0.4) is 0 Å². The van der Waals surface area contributed by atoms with Crippen LogP contribution in [0.25, 0.3) is 0 Å². The number of nitro benzene ring substituents is 1. The van der Waals surface area contributed by atoms with Crippen LogP contribution in [0, 0.1) is 10.1 Å². The quantitative estimate of drug-likeness (QED) is 0.457. The van der Waals surface area contributed by atoms with Crippen LogP contribution in [0.2, 0.25) is 0 Å². The fourth-order valence-electron chi connectivity index (χ4n) is 2.80. The Morgan fingerprint density at radius 1 is 1.19 bits per heavy atom. The van der Waals surface area contributed by atoms with Crippen LogP contribution < -0.4 is 5.32 Å². The molecule has 0 aromatic heterocycles. The van der Waals surface area contributed by atoms with Crippen LogP contribution in [0.15, 0.2) is 24.3 Å². The van der Waals surface area contributed by atoms with Gasteiger partial charge in [0.15, 0.2) is 6.10 Å². The SMILES string of the molecule is C[C@H](NC(=O)c1cccc([N+](=O)[O-])c1)C(=O)O[C@@H](C)C(=O)N1CCCCC1. The van der Waals surface area contributed by atoms with Gasteiger partial charge in [0.1, 0.15) is 6.04 Å². The molecule has 1 fully saturated rings. The van der Waals surface area contributed by atoms with Crippen molar-refractivity contribution in [3.8, 4) is 0 Å². The molecule has 0 bridgehead atoms. The maximum Gasteiger partial charge on any atom is 0.329 e. The number of hydrogen-bond acceptors (Lipinski definition) is 6. The van der Waals surface area contributed by atoms with E-state index in [1.54, 1.807) is 4.90 Å². The van der Waals surface area contributed by atoms with E-state index >= 15 is 0 Å². The van der Waals surface area contributed by atoms with Crippen molar-refractivity contribution in [2.75, 3.05) is 13.1 Å². The lowest BCUT2D eigenvalue weighted by Gasteiger charge is -2.29. The van der Waals surface area contributed by atoms with Gasteiger partial charge in [0.25, 0.3) is 17.5 Å². The van der Waals surface area contributed by atoms with Gasteiger partial charge in [0, 0.05) is 30.8 Å². The molecule has 0 unspecified atom stereocenters. The van der Waals surface area contributed by atoms with Gasteiger partial charge in [-0.2, -0.15) is 0 Å². The van der Waals surface area contributed by atoms with E-state index in [0.717, 1.165) is 25.3 Å². The van der Waals surface area contributed by atoms with Gasteiger partial charge in [-0.05, 0) is 39.2 Å². The van der Waals surface area contributed by atoms with Gasteiger partial charge in [0.05, 0.1) is 4.92 Å². The lowest BCUT2D eigenvalue weighted by atomic mass is 10.1. The molecule has 0 radical (unpaired) electrons. The molecule has 27 heavy (non-hydrogen) atoms. The molecule has 2 rings (SSSR count). The van der Waals surface area contributed by atoms with Crippen LogP contribution in [-0.4, -0.2) is 52.8 Å². The molecule has 0 spiro atoms. The summed E-state index contributed by atoms with van der Waals surface area (Å²) in [5, 5.41) is 13.2. The van der Waals surface area contributed by atoms with E-state index in [1.807, 2.05) is 0 Å². The van der Waals surface area contributed by atoms with Crippen LogP contribution >= 0.6 is 0 Å². The number of benzene rings is 1. The van der Waals surface area contributed by atoms with Crippen LogP contribution in [0.5, 0.6) is 0 Å². The summed E-state index contributed by atoms with van der Waals surface area (Å²) in [6.07, 6.45) is 2.01. The lowest BCUT2D eigenvalue weighted by molar-refractivity contribution is -0.384. The highest BCUT2D eigenvalue weighted by Crippen LogP contribution is 2.14. The molecule has 0 saturated carbocycles. The summed E-state index contributed by atoms with van der Waals surface area (Å²) in [7, 11) is 0. The van der Waals surface area contributed by atoms with E-state index in [9.17, 15) is 24.5 Å². The summed E-state index contributed by atoms with van der Waals surface area (Å²) >= 11 is 0. The van der Waals surface area contributed by atoms with Crippen molar-refractivity contribution in [3.63, 3.8) is 0 Å². The van der Waals surface area contributed by atoms with Gasteiger partial charge in [-0.25, -0.2) is 4.79 Å². The van der Waals surface area contributed by atoms with Crippen molar-refractivity contribution in [1.82, 2.24) is 10.2 Å². The third-order valence-electron chi connectivity index (χ3n) is 4.33. The molecule has 146 valence electrons. The van der Waals surface area contributed by atoms with Gasteiger partial charge in [-0.15, -0.1) is 0 Å². The standard InChI is InChI=1S/C18H23N3O6/c1-12(19-16(22)14-7-6-8-15(11-14)21(25)26)18(24)27-13(2)17(23)20-9-4-3-5-10-20/h6-8,11-13H,3-5,9-10H2,1-2H3,(H,19,22)/t12-,13-/m0/s1. The lowest BCUT2D eigenvalue weighted by Crippen LogP contribution is -2.46. The number of esters is 1. The van der Waals surface area contributed by atoms with Crippen molar-refractivity contribution in [3.05, 3.63) is 39.9 Å². The second kappa shape index (κ2) is 9.11. The minimum absolute atomic E-state index is 0.0568. The minimum Gasteiger partial charge on any atom is -0.451 e. The zero-order valence-electron chi connectivity index (χ0n) is 15.3. The number of nitro groups is 1. The topological polar surface area (TPSA) is 119 Å². The Morgan fingerprint density at radius 3 is 2.48 bits per heavy atom. The molecule has 9 nitrogen and oxygen atoms in total. The first kappa shape index (κ1) is 20.3. The Balaban J connectivity index is 1.90. The predicted molar refractivity (Wildman–Crippen MR) is 96.0 cm³/mol. The van der Waals surface area contributed by atoms with Crippen LogP contribution in [0.1, 0.15) is 43.5 Å². The minimum atomic E-state index is -1.01. The summed E-state index contributed by atoms with van der Waals surface area (Å²) in [6, 6.07) is 4.17. The van der Waals surface area contributed by atoms with Gasteiger partial charge in [-0.3, -0.25) is 19.7 Å². The monoisotopic (exact) mass is 377 g/mol. The van der Waals surface area contributed by atoms with E-state index in [-0.39, 0.29) is 17.2 Å². The number of carbonyl (C=O) groups excluding carboxylic acids is 3. The third kappa shape index (κ3) is 5.50. The zero-order valence-corrected chi connectivity index (χ0v) is 15.3. The first-order chi connectivity index (χ1) is 12.8. The number of hydrogen-bond donors (Lipinski definition) is 1. The Hall–Kier alpha value is -2.97. The van der Waals surface area contributed by atoms with E-state index in [2.05, 4.69) is 5.32 Å². The predicted octanol–water partition coefficient (Wildman–Crippen LogP) is 1.66. The van der Waals surface area contributed by atoms with E-state index in [0.29, 0.717) is 13.1 Å². The molecule has 9 heteroatoms. The summed E-state index contributed by atoms with van der Waals surface area (Å²) in [5.41, 5.74) is -0.167. The first-order valence-electron chi connectivity index (χ1n) is 8.84. The van der Waals surface area contributed by atoms with Gasteiger partial charge < -0.3 is 15.0 Å². The number of rotatable bonds is 6. The maximum absolute atomic E-state index is 12.3. The third-order valence-corrected chi connectivity index (χ3v) is 4.33. The number of carbonyl (C=O) groups is 3. The summed E-state index contributed by atoms with van der Waals surface area (Å²) in [5.74, 6) is -1.63. The first-order valence-corrected chi connectivity index (χ1v) is 8.84. The molecule has 0 aliphatic carbocycles. The highest BCUT2D eigenvalue weighted by Gasteiger charge is 2.27. The molecule has 1 aromatic carbocycles. The molecule has 1 aliphatic rings. The molecule has 1 heterocycles. The number of non-ortho nitro benzene ring substituents is 1. The highest BCUT2D eigenvalue weighted by atomic mass is 16.6. The average Bonchev–Trinajstić information content (AvgIpc) is 2.67. The van der Waals surface area contributed by atoms with Gasteiger partial charge in [0.2, 0.25) is 0 Å². The summed E-state index contributed by atoms with van der Waals surface area (Å²) < 4.78 is 5.17. The largest absolute Gasteiger partial charge is 0.451 e. The number of ether oxygens (including phenoxy) is 1. The molecular weight excluding hydrogens is 354 g/mol. The molecule has 1 saturated heterocycles. The summed E-state index contributed by atoms with van der Waals surface area (Å²) in [4.78, 5) is 48.5. The second-order valence-corrected chi connectivity index (χ2v) is 6.47. The maximum atomic E-state index is 12.3. The highest BCUT2D eigenvalue weighted by molar-refractivity contribution is 5.97. The number of nitrogens with zero attached hydrogens (tertiary/aromatic N) is 2. The summed E-state index contributed by atoms with van der Waals surface area (Å²) in [6.45, 7) is 4.24. The number of amides is 2. The number of likely N-dealkylation sites (tertiary alicyclic amines) is 1. The Labute approximate surface area is 156 Å². The molecule has 1 aromatic rings. The van der Waals surface area contributed by atoms with Crippen molar-refractivity contribution in [1.29, 1.82) is 0 Å². The molecule has 1 N–H and O–H groups in total. The average molecular weight is 377 g/mol. The smallest absolute Gasteiger partial charge is 0.329 e. The Bertz CT molecular complexity index is 730. The van der Waals surface area contributed by atoms with Crippen molar-refractivity contribution >= 4 is 23.5 Å². The Morgan fingerprint density at radius 2 is 1.85 bits per heavy atom.